The minimum Gasteiger partial charge on any atom is -0.497 e. The van der Waals surface area contributed by atoms with Gasteiger partial charge in [0.25, 0.3) is 0 Å². The predicted molar refractivity (Wildman–Crippen MR) is 121 cm³/mol. The third kappa shape index (κ3) is 6.32. The first kappa shape index (κ1) is 21.9. The third-order valence-corrected chi connectivity index (χ3v) is 6.30. The van der Waals surface area contributed by atoms with Crippen molar-refractivity contribution in [2.75, 3.05) is 26.8 Å². The summed E-state index contributed by atoms with van der Waals surface area (Å²) in [5, 5.41) is 0. The highest BCUT2D eigenvalue weighted by molar-refractivity contribution is 5.27. The second-order valence-electron chi connectivity index (χ2n) is 8.88. The highest BCUT2D eigenvalue weighted by atomic mass is 16.5. The lowest BCUT2D eigenvalue weighted by Gasteiger charge is -2.40. The monoisotopic (exact) mass is 395 g/mol. The van der Waals surface area contributed by atoms with Crippen molar-refractivity contribution in [3.05, 3.63) is 65.7 Å². The highest BCUT2D eigenvalue weighted by Crippen LogP contribution is 2.40. The van der Waals surface area contributed by atoms with Gasteiger partial charge in [0.1, 0.15) is 5.75 Å². The number of nitrogens with zero attached hydrogens (tertiary/aromatic N) is 1. The highest BCUT2D eigenvalue weighted by Gasteiger charge is 2.34. The van der Waals surface area contributed by atoms with E-state index < -0.39 is 0 Å². The molecule has 1 aliphatic rings. The Labute approximate surface area is 177 Å². The van der Waals surface area contributed by atoms with Gasteiger partial charge in [0.2, 0.25) is 0 Å². The fourth-order valence-electron chi connectivity index (χ4n) is 4.66. The molecule has 3 heteroatoms. The summed E-state index contributed by atoms with van der Waals surface area (Å²) < 4.78 is 11.3. The number of hydrogen-bond acceptors (Lipinski definition) is 3. The van der Waals surface area contributed by atoms with Gasteiger partial charge in [-0.2, -0.15) is 0 Å². The van der Waals surface area contributed by atoms with Crippen molar-refractivity contribution >= 4 is 0 Å². The topological polar surface area (TPSA) is 21.7 Å². The van der Waals surface area contributed by atoms with Crippen molar-refractivity contribution < 1.29 is 9.47 Å². The third-order valence-electron chi connectivity index (χ3n) is 6.30. The van der Waals surface area contributed by atoms with Gasteiger partial charge < -0.3 is 9.47 Å². The molecular weight excluding hydrogens is 358 g/mol. The molecule has 0 saturated carbocycles. The lowest BCUT2D eigenvalue weighted by molar-refractivity contribution is -0.0775. The van der Waals surface area contributed by atoms with Crippen LogP contribution in [0.15, 0.2) is 54.6 Å². The molecule has 2 aromatic rings. The van der Waals surface area contributed by atoms with Crippen LogP contribution in [0.3, 0.4) is 0 Å². The van der Waals surface area contributed by atoms with Crippen molar-refractivity contribution in [3.63, 3.8) is 0 Å². The van der Waals surface area contributed by atoms with Crippen molar-refractivity contribution in [3.8, 4) is 5.75 Å². The minimum absolute atomic E-state index is 0.0104. The van der Waals surface area contributed by atoms with E-state index in [2.05, 4.69) is 80.3 Å². The Morgan fingerprint density at radius 3 is 2.45 bits per heavy atom. The van der Waals surface area contributed by atoms with E-state index in [-0.39, 0.29) is 5.60 Å². The van der Waals surface area contributed by atoms with E-state index in [9.17, 15) is 0 Å². The molecule has 0 aliphatic carbocycles. The Bertz CT molecular complexity index is 726. The van der Waals surface area contributed by atoms with Crippen LogP contribution in [-0.2, 0) is 11.3 Å². The first-order valence-corrected chi connectivity index (χ1v) is 11.0. The quantitative estimate of drug-likeness (QED) is 0.528. The van der Waals surface area contributed by atoms with E-state index in [1.54, 1.807) is 7.11 Å². The van der Waals surface area contributed by atoms with E-state index >= 15 is 0 Å². The largest absolute Gasteiger partial charge is 0.497 e. The average molecular weight is 396 g/mol. The molecule has 1 aliphatic heterocycles. The summed E-state index contributed by atoms with van der Waals surface area (Å²) in [6, 6.07) is 19.6. The smallest absolute Gasteiger partial charge is 0.118 e. The summed E-state index contributed by atoms with van der Waals surface area (Å²) >= 11 is 0. The molecular formula is C26H37NO2. The van der Waals surface area contributed by atoms with Crippen molar-refractivity contribution in [1.82, 2.24) is 4.90 Å². The summed E-state index contributed by atoms with van der Waals surface area (Å²) in [5.74, 6) is 2.19. The molecule has 0 aromatic heterocycles. The number of ether oxygens (including phenoxy) is 2. The molecule has 0 bridgehead atoms. The van der Waals surface area contributed by atoms with Crippen LogP contribution >= 0.6 is 0 Å². The fourth-order valence-corrected chi connectivity index (χ4v) is 4.66. The van der Waals surface area contributed by atoms with Gasteiger partial charge in [0.05, 0.1) is 12.7 Å². The van der Waals surface area contributed by atoms with Gasteiger partial charge >= 0.3 is 0 Å². The maximum absolute atomic E-state index is 6.01. The van der Waals surface area contributed by atoms with E-state index in [0.717, 1.165) is 44.8 Å². The van der Waals surface area contributed by atoms with Gasteiger partial charge in [-0.15, -0.1) is 0 Å². The molecule has 3 nitrogen and oxygen atoms in total. The molecule has 0 amide bonds. The van der Waals surface area contributed by atoms with Gasteiger partial charge in [0.15, 0.2) is 0 Å². The van der Waals surface area contributed by atoms with Crippen molar-refractivity contribution in [2.45, 2.75) is 58.1 Å². The Kier molecular flexibility index (Phi) is 7.74. The molecule has 0 N–H and O–H groups in total. The van der Waals surface area contributed by atoms with Crippen molar-refractivity contribution in [1.29, 1.82) is 0 Å². The lowest BCUT2D eigenvalue weighted by Crippen LogP contribution is -2.37. The molecule has 2 atom stereocenters. The SMILES string of the molecule is CCN(CCC(c1ccccc1)C1CCOC(C)(C)C1)Cc1ccc(OC)cc1. The zero-order chi connectivity index (χ0) is 20.7. The zero-order valence-electron chi connectivity index (χ0n) is 18.6. The van der Waals surface area contributed by atoms with Crippen LogP contribution in [-0.4, -0.2) is 37.3 Å². The summed E-state index contributed by atoms with van der Waals surface area (Å²) in [4.78, 5) is 2.56. The Hall–Kier alpha value is -1.84. The molecule has 1 fully saturated rings. The van der Waals surface area contributed by atoms with Gasteiger partial charge in [-0.1, -0.05) is 49.4 Å². The number of methoxy groups -OCH3 is 1. The predicted octanol–water partition coefficient (Wildman–Crippen LogP) is 5.90. The van der Waals surface area contributed by atoms with Gasteiger partial charge in [-0.25, -0.2) is 0 Å². The average Bonchev–Trinajstić information content (AvgIpc) is 2.73. The van der Waals surface area contributed by atoms with Gasteiger partial charge in [-0.3, -0.25) is 4.90 Å². The maximum Gasteiger partial charge on any atom is 0.118 e. The number of benzene rings is 2. The summed E-state index contributed by atoms with van der Waals surface area (Å²) in [6.07, 6.45) is 3.49. The van der Waals surface area contributed by atoms with Crippen LogP contribution in [0.5, 0.6) is 5.75 Å². The molecule has 0 spiro atoms. The Balaban J connectivity index is 1.67. The summed E-state index contributed by atoms with van der Waals surface area (Å²) in [5.41, 5.74) is 2.82. The normalized spacial score (nSPS) is 19.8. The van der Waals surface area contributed by atoms with Crippen LogP contribution in [0, 0.1) is 5.92 Å². The molecule has 3 rings (SSSR count). The first-order chi connectivity index (χ1) is 14.0. The second-order valence-corrected chi connectivity index (χ2v) is 8.88. The molecule has 1 heterocycles. The lowest BCUT2D eigenvalue weighted by atomic mass is 9.75. The van der Waals surface area contributed by atoms with Crippen LogP contribution in [0.25, 0.3) is 0 Å². The molecule has 2 unspecified atom stereocenters. The first-order valence-electron chi connectivity index (χ1n) is 11.0. The zero-order valence-corrected chi connectivity index (χ0v) is 18.6. The fraction of sp³-hybridized carbons (Fsp3) is 0.538. The molecule has 0 radical (unpaired) electrons. The van der Waals surface area contributed by atoms with Crippen molar-refractivity contribution in [2.24, 2.45) is 5.92 Å². The van der Waals surface area contributed by atoms with Crippen LogP contribution in [0.2, 0.25) is 0 Å². The molecule has 29 heavy (non-hydrogen) atoms. The molecule has 2 aromatic carbocycles. The van der Waals surface area contributed by atoms with Crippen LogP contribution < -0.4 is 4.74 Å². The van der Waals surface area contributed by atoms with E-state index in [1.807, 2.05) is 0 Å². The van der Waals surface area contributed by atoms with Gasteiger partial charge in [-0.05, 0) is 81.3 Å². The number of hydrogen-bond donors (Lipinski definition) is 0. The summed E-state index contributed by atoms with van der Waals surface area (Å²) in [6.45, 7) is 10.8. The Morgan fingerprint density at radius 1 is 1.10 bits per heavy atom. The standard InChI is InChI=1S/C26H37NO2/c1-5-27(20-21-11-13-24(28-4)14-12-21)17-15-25(22-9-7-6-8-10-22)23-16-18-29-26(2,3)19-23/h6-14,23,25H,5,15-20H2,1-4H3. The molecule has 158 valence electrons. The summed E-state index contributed by atoms with van der Waals surface area (Å²) in [7, 11) is 1.72. The second kappa shape index (κ2) is 10.3. The van der Waals surface area contributed by atoms with E-state index in [0.29, 0.717) is 11.8 Å². The van der Waals surface area contributed by atoms with Crippen LogP contribution in [0.4, 0.5) is 0 Å². The van der Waals surface area contributed by atoms with Gasteiger partial charge in [0, 0.05) is 13.2 Å². The maximum atomic E-state index is 6.01. The minimum atomic E-state index is -0.0104. The molecule has 1 saturated heterocycles. The van der Waals surface area contributed by atoms with Crippen LogP contribution in [0.1, 0.15) is 57.1 Å². The number of rotatable bonds is 9. The van der Waals surface area contributed by atoms with E-state index in [4.69, 9.17) is 9.47 Å². The Morgan fingerprint density at radius 2 is 1.83 bits per heavy atom. The van der Waals surface area contributed by atoms with E-state index in [1.165, 1.54) is 17.5 Å².